The third kappa shape index (κ3) is 7.51. The Morgan fingerprint density at radius 2 is 1.53 bits per heavy atom. The Kier molecular flexibility index (Phi) is 10.4. The van der Waals surface area contributed by atoms with Gasteiger partial charge in [0, 0.05) is 41.4 Å². The molecule has 0 aliphatic carbocycles. The van der Waals surface area contributed by atoms with E-state index in [1.807, 2.05) is 29.5 Å². The molecule has 36 heavy (non-hydrogen) atoms. The van der Waals surface area contributed by atoms with Crippen LogP contribution in [0.1, 0.15) is 67.6 Å². The number of halogens is 1. The van der Waals surface area contributed by atoms with Gasteiger partial charge in [-0.05, 0) is 71.8 Å². The summed E-state index contributed by atoms with van der Waals surface area (Å²) < 4.78 is 5.17. The van der Waals surface area contributed by atoms with Crippen molar-refractivity contribution in [1.29, 1.82) is 0 Å². The summed E-state index contributed by atoms with van der Waals surface area (Å²) in [4.78, 5) is 60.4. The standard InChI is InChI=1S/C16H20N2O4.C9H7IO4/c1-3-6-17(2)15(20)11-8-12(16(21)22)10-13(9-11)18-7-4-5-14(18)19;1-14-9(13)6-2-5(8(11)12)3-7(10)4-6/h8-10H,3-7H2,1-2H3,(H,21,22);2-4H,1H3,(H,11,12). The highest BCUT2D eigenvalue weighted by molar-refractivity contribution is 14.1. The minimum Gasteiger partial charge on any atom is -0.478 e. The van der Waals surface area contributed by atoms with Crippen LogP contribution in [0.25, 0.3) is 0 Å². The monoisotopic (exact) mass is 610 g/mol. The van der Waals surface area contributed by atoms with Crippen molar-refractivity contribution in [2.45, 2.75) is 26.2 Å². The molecule has 0 spiro atoms. The number of hydrogen-bond donors (Lipinski definition) is 2. The van der Waals surface area contributed by atoms with Crippen LogP contribution in [0.5, 0.6) is 0 Å². The van der Waals surface area contributed by atoms with Gasteiger partial charge in [0.25, 0.3) is 5.91 Å². The predicted octanol–water partition coefficient (Wildman–Crippen LogP) is 3.77. The molecule has 2 aromatic carbocycles. The van der Waals surface area contributed by atoms with E-state index in [0.29, 0.717) is 34.3 Å². The summed E-state index contributed by atoms with van der Waals surface area (Å²) in [5.41, 5.74) is 1.13. The van der Waals surface area contributed by atoms with Gasteiger partial charge >= 0.3 is 17.9 Å². The van der Waals surface area contributed by atoms with Crippen LogP contribution in [0.3, 0.4) is 0 Å². The van der Waals surface area contributed by atoms with Gasteiger partial charge in [-0.3, -0.25) is 9.59 Å². The summed E-state index contributed by atoms with van der Waals surface area (Å²) in [5, 5.41) is 18.0. The number of ether oxygens (including phenoxy) is 1. The number of hydrogen-bond acceptors (Lipinski definition) is 6. The number of esters is 1. The van der Waals surface area contributed by atoms with Crippen molar-refractivity contribution in [2.24, 2.45) is 0 Å². The highest BCUT2D eigenvalue weighted by atomic mass is 127. The largest absolute Gasteiger partial charge is 0.478 e. The van der Waals surface area contributed by atoms with Crippen LogP contribution < -0.4 is 4.90 Å². The summed E-state index contributed by atoms with van der Waals surface area (Å²) >= 11 is 1.94. The van der Waals surface area contributed by atoms with Gasteiger partial charge in [0.1, 0.15) is 0 Å². The molecular formula is C25H27IN2O8. The second-order valence-electron chi connectivity index (χ2n) is 7.97. The van der Waals surface area contributed by atoms with E-state index in [4.69, 9.17) is 5.11 Å². The first-order chi connectivity index (χ1) is 17.0. The fraction of sp³-hybridized carbons (Fsp3) is 0.320. The number of carbonyl (C=O) groups excluding carboxylic acids is 3. The summed E-state index contributed by atoms with van der Waals surface area (Å²) in [5.74, 6) is -2.99. The first kappa shape index (κ1) is 28.8. The number of nitrogens with zero attached hydrogens (tertiary/aromatic N) is 2. The molecular weight excluding hydrogens is 583 g/mol. The zero-order valence-electron chi connectivity index (χ0n) is 20.1. The van der Waals surface area contributed by atoms with Crippen LogP contribution in [0.2, 0.25) is 0 Å². The number of carboxylic acids is 2. The molecule has 1 fully saturated rings. The Hall–Kier alpha value is -3.48. The molecule has 3 rings (SSSR count). The van der Waals surface area contributed by atoms with Crippen molar-refractivity contribution in [2.75, 3.05) is 32.1 Å². The van der Waals surface area contributed by atoms with Gasteiger partial charge in [0.2, 0.25) is 5.91 Å². The fourth-order valence-electron chi connectivity index (χ4n) is 3.54. The lowest BCUT2D eigenvalue weighted by Crippen LogP contribution is -2.29. The zero-order valence-corrected chi connectivity index (χ0v) is 22.3. The third-order valence-corrected chi connectivity index (χ3v) is 5.89. The van der Waals surface area contributed by atoms with Crippen molar-refractivity contribution in [1.82, 2.24) is 4.90 Å². The molecule has 11 heteroatoms. The molecule has 2 aromatic rings. The van der Waals surface area contributed by atoms with Crippen LogP contribution in [0, 0.1) is 3.57 Å². The van der Waals surface area contributed by atoms with Crippen molar-refractivity contribution < 1.29 is 38.9 Å². The first-order valence-electron chi connectivity index (χ1n) is 11.0. The highest BCUT2D eigenvalue weighted by Gasteiger charge is 2.24. The van der Waals surface area contributed by atoms with Gasteiger partial charge in [0.05, 0.1) is 23.8 Å². The number of anilines is 1. The Morgan fingerprint density at radius 1 is 0.972 bits per heavy atom. The average molecular weight is 610 g/mol. The van der Waals surface area contributed by atoms with E-state index < -0.39 is 17.9 Å². The van der Waals surface area contributed by atoms with E-state index in [-0.39, 0.29) is 28.5 Å². The van der Waals surface area contributed by atoms with Crippen molar-refractivity contribution >= 4 is 58.0 Å². The summed E-state index contributed by atoms with van der Waals surface area (Å²) in [6.45, 7) is 3.11. The molecule has 2 amide bonds. The van der Waals surface area contributed by atoms with Crippen molar-refractivity contribution in [3.8, 4) is 0 Å². The van der Waals surface area contributed by atoms with Gasteiger partial charge in [-0.15, -0.1) is 0 Å². The molecule has 1 heterocycles. The molecule has 0 atom stereocenters. The van der Waals surface area contributed by atoms with Crippen LogP contribution in [0.15, 0.2) is 36.4 Å². The van der Waals surface area contributed by atoms with Crippen molar-refractivity contribution in [3.05, 3.63) is 62.2 Å². The van der Waals surface area contributed by atoms with Gasteiger partial charge < -0.3 is 24.7 Å². The Balaban J connectivity index is 0.000000281. The molecule has 0 bridgehead atoms. The SMILES string of the molecule is CCCN(C)C(=O)c1cc(C(=O)O)cc(N2CCCC2=O)c1.COC(=O)c1cc(I)cc(C(=O)O)c1. The lowest BCUT2D eigenvalue weighted by atomic mass is 10.1. The van der Waals surface area contributed by atoms with Gasteiger partial charge in [-0.1, -0.05) is 6.92 Å². The maximum atomic E-state index is 12.4. The zero-order chi connectivity index (χ0) is 27.0. The lowest BCUT2D eigenvalue weighted by molar-refractivity contribution is -0.117. The quantitative estimate of drug-likeness (QED) is 0.357. The molecule has 192 valence electrons. The maximum absolute atomic E-state index is 12.4. The Labute approximate surface area is 222 Å². The van der Waals surface area contributed by atoms with E-state index in [1.54, 1.807) is 29.0 Å². The number of aromatic carboxylic acids is 2. The van der Waals surface area contributed by atoms with Crippen LogP contribution >= 0.6 is 22.6 Å². The first-order valence-corrected chi connectivity index (χ1v) is 12.1. The van der Waals surface area contributed by atoms with E-state index >= 15 is 0 Å². The Morgan fingerprint density at radius 3 is 2.06 bits per heavy atom. The summed E-state index contributed by atoms with van der Waals surface area (Å²) in [7, 11) is 2.93. The van der Waals surface area contributed by atoms with E-state index in [0.717, 1.165) is 12.8 Å². The van der Waals surface area contributed by atoms with Gasteiger partial charge in [-0.25, -0.2) is 14.4 Å². The number of benzene rings is 2. The number of methoxy groups -OCH3 is 1. The average Bonchev–Trinajstić information content (AvgIpc) is 3.28. The normalized spacial score (nSPS) is 12.4. The second kappa shape index (κ2) is 13.0. The van der Waals surface area contributed by atoms with Gasteiger partial charge in [0.15, 0.2) is 0 Å². The van der Waals surface area contributed by atoms with Gasteiger partial charge in [-0.2, -0.15) is 0 Å². The number of amides is 2. The minimum atomic E-state index is -1.11. The summed E-state index contributed by atoms with van der Waals surface area (Å²) in [6.07, 6.45) is 2.02. The van der Waals surface area contributed by atoms with E-state index in [2.05, 4.69) is 4.74 Å². The van der Waals surface area contributed by atoms with Crippen LogP contribution in [-0.4, -0.2) is 72.1 Å². The predicted molar refractivity (Wildman–Crippen MR) is 140 cm³/mol. The molecule has 0 unspecified atom stereocenters. The number of carboxylic acid groups (broad SMARTS) is 2. The molecule has 1 saturated heterocycles. The molecule has 10 nitrogen and oxygen atoms in total. The molecule has 0 saturated carbocycles. The van der Waals surface area contributed by atoms with Crippen LogP contribution in [0.4, 0.5) is 5.69 Å². The number of carbonyl (C=O) groups is 5. The maximum Gasteiger partial charge on any atom is 0.337 e. The summed E-state index contributed by atoms with van der Waals surface area (Å²) in [6, 6.07) is 8.75. The molecule has 1 aliphatic heterocycles. The molecule has 0 radical (unpaired) electrons. The minimum absolute atomic E-state index is 0.0189. The van der Waals surface area contributed by atoms with E-state index in [1.165, 1.54) is 31.4 Å². The smallest absolute Gasteiger partial charge is 0.337 e. The topological polar surface area (TPSA) is 142 Å². The molecule has 1 aliphatic rings. The molecule has 2 N–H and O–H groups in total. The molecule has 0 aromatic heterocycles. The number of rotatable bonds is 7. The van der Waals surface area contributed by atoms with Crippen molar-refractivity contribution in [3.63, 3.8) is 0 Å². The third-order valence-electron chi connectivity index (χ3n) is 5.27. The van der Waals surface area contributed by atoms with E-state index in [9.17, 15) is 29.1 Å². The highest BCUT2D eigenvalue weighted by Crippen LogP contribution is 2.25. The van der Waals surface area contributed by atoms with Crippen LogP contribution in [-0.2, 0) is 9.53 Å². The second-order valence-corrected chi connectivity index (χ2v) is 9.22. The lowest BCUT2D eigenvalue weighted by Gasteiger charge is -2.20. The Bertz CT molecular complexity index is 1180. The fourth-order valence-corrected chi connectivity index (χ4v) is 4.21.